The lowest BCUT2D eigenvalue weighted by Crippen LogP contribution is -2.36. The van der Waals surface area contributed by atoms with Gasteiger partial charge >= 0.3 is 11.8 Å². The zero-order chi connectivity index (χ0) is 15.7. The third-order valence-corrected chi connectivity index (χ3v) is 3.84. The highest BCUT2D eigenvalue weighted by molar-refractivity contribution is 7.15. The monoisotopic (exact) mass is 313 g/mol. The van der Waals surface area contributed by atoms with E-state index in [0.29, 0.717) is 24.7 Å². The molecule has 0 fully saturated rings. The van der Waals surface area contributed by atoms with Crippen LogP contribution in [0, 0.1) is 13.8 Å². The lowest BCUT2D eigenvalue weighted by molar-refractivity contribution is -0.136. The predicted molar refractivity (Wildman–Crippen MR) is 83.6 cm³/mol. The molecule has 2 amide bonds. The van der Waals surface area contributed by atoms with Crippen molar-refractivity contribution in [2.24, 2.45) is 0 Å². The Bertz CT molecular complexity index is 455. The fraction of sp³-hybridized carbons (Fsp3) is 0.643. The molecule has 0 radical (unpaired) electrons. The number of aromatic nitrogens is 1. The molecular formula is C14H23N3O3S. The van der Waals surface area contributed by atoms with Crippen molar-refractivity contribution in [1.82, 2.24) is 10.3 Å². The second-order valence-corrected chi connectivity index (χ2v) is 5.89. The van der Waals surface area contributed by atoms with Crippen LogP contribution in [-0.4, -0.2) is 36.6 Å². The molecule has 1 aromatic heterocycles. The van der Waals surface area contributed by atoms with Crippen LogP contribution in [0.25, 0.3) is 0 Å². The van der Waals surface area contributed by atoms with E-state index >= 15 is 0 Å². The number of unbranched alkanes of at least 4 members (excludes halogenated alkanes) is 1. The Kier molecular flexibility index (Phi) is 7.92. The second kappa shape index (κ2) is 9.46. The molecule has 0 aliphatic rings. The number of nitrogens with zero attached hydrogens (tertiary/aromatic N) is 1. The SMILES string of the molecule is CCCCOCCCNC(=O)C(=O)Nc1nc(C)c(C)s1. The molecule has 21 heavy (non-hydrogen) atoms. The van der Waals surface area contributed by atoms with Gasteiger partial charge in [0.2, 0.25) is 0 Å². The number of ether oxygens (including phenoxy) is 1. The van der Waals surface area contributed by atoms with Crippen LogP contribution in [0.2, 0.25) is 0 Å². The van der Waals surface area contributed by atoms with E-state index in [1.54, 1.807) is 0 Å². The lowest BCUT2D eigenvalue weighted by atomic mass is 10.3. The molecule has 2 N–H and O–H groups in total. The van der Waals surface area contributed by atoms with Gasteiger partial charge in [-0.1, -0.05) is 13.3 Å². The highest BCUT2D eigenvalue weighted by atomic mass is 32.1. The fourth-order valence-electron chi connectivity index (χ4n) is 1.48. The van der Waals surface area contributed by atoms with Crippen molar-refractivity contribution >= 4 is 28.3 Å². The molecule has 0 saturated heterocycles. The summed E-state index contributed by atoms with van der Waals surface area (Å²) in [7, 11) is 0. The first-order valence-electron chi connectivity index (χ1n) is 7.15. The molecular weight excluding hydrogens is 290 g/mol. The van der Waals surface area contributed by atoms with Gasteiger partial charge in [-0.3, -0.25) is 14.9 Å². The third kappa shape index (κ3) is 6.68. The Hall–Kier alpha value is -1.47. The van der Waals surface area contributed by atoms with Gasteiger partial charge in [0.15, 0.2) is 5.13 Å². The van der Waals surface area contributed by atoms with Gasteiger partial charge in [0, 0.05) is 24.6 Å². The van der Waals surface area contributed by atoms with E-state index in [-0.39, 0.29) is 0 Å². The van der Waals surface area contributed by atoms with E-state index in [1.807, 2.05) is 13.8 Å². The second-order valence-electron chi connectivity index (χ2n) is 4.69. The largest absolute Gasteiger partial charge is 0.381 e. The number of rotatable bonds is 8. The topological polar surface area (TPSA) is 80.3 Å². The Morgan fingerprint density at radius 2 is 1.90 bits per heavy atom. The molecule has 0 saturated carbocycles. The molecule has 0 aliphatic carbocycles. The Morgan fingerprint density at radius 1 is 1.19 bits per heavy atom. The van der Waals surface area contributed by atoms with Crippen molar-refractivity contribution in [3.05, 3.63) is 10.6 Å². The molecule has 0 spiro atoms. The minimum Gasteiger partial charge on any atom is -0.381 e. The van der Waals surface area contributed by atoms with E-state index in [1.165, 1.54) is 11.3 Å². The first-order chi connectivity index (χ1) is 10.0. The summed E-state index contributed by atoms with van der Waals surface area (Å²) in [6, 6.07) is 0. The van der Waals surface area contributed by atoms with E-state index in [4.69, 9.17) is 4.74 Å². The van der Waals surface area contributed by atoms with Crippen LogP contribution >= 0.6 is 11.3 Å². The number of amides is 2. The number of carbonyl (C=O) groups is 2. The molecule has 0 unspecified atom stereocenters. The first kappa shape index (κ1) is 17.6. The molecule has 0 aliphatic heterocycles. The minimum atomic E-state index is -0.685. The van der Waals surface area contributed by atoms with Gasteiger partial charge in [-0.05, 0) is 26.7 Å². The third-order valence-electron chi connectivity index (χ3n) is 2.85. The zero-order valence-corrected chi connectivity index (χ0v) is 13.6. The zero-order valence-electron chi connectivity index (χ0n) is 12.8. The molecule has 0 bridgehead atoms. The van der Waals surface area contributed by atoms with E-state index < -0.39 is 11.8 Å². The minimum absolute atomic E-state index is 0.425. The van der Waals surface area contributed by atoms with Crippen molar-refractivity contribution in [2.75, 3.05) is 25.1 Å². The molecule has 6 nitrogen and oxygen atoms in total. The van der Waals surface area contributed by atoms with Crippen LogP contribution in [0.3, 0.4) is 0 Å². The highest BCUT2D eigenvalue weighted by Gasteiger charge is 2.15. The Labute approximate surface area is 129 Å². The maximum Gasteiger partial charge on any atom is 0.315 e. The number of hydrogen-bond donors (Lipinski definition) is 2. The van der Waals surface area contributed by atoms with E-state index in [2.05, 4.69) is 22.5 Å². The first-order valence-corrected chi connectivity index (χ1v) is 7.97. The predicted octanol–water partition coefficient (Wildman–Crippen LogP) is 2.02. The highest BCUT2D eigenvalue weighted by Crippen LogP contribution is 2.20. The van der Waals surface area contributed by atoms with Gasteiger partial charge in [0.05, 0.1) is 5.69 Å². The molecule has 0 aromatic carbocycles. The van der Waals surface area contributed by atoms with Crippen LogP contribution in [0.5, 0.6) is 0 Å². The molecule has 0 atom stereocenters. The summed E-state index contributed by atoms with van der Waals surface area (Å²) in [6.45, 7) is 7.64. The molecule has 7 heteroatoms. The molecule has 1 rings (SSSR count). The molecule has 1 heterocycles. The van der Waals surface area contributed by atoms with Crippen LogP contribution in [-0.2, 0) is 14.3 Å². The standard InChI is InChI=1S/C14H23N3O3S/c1-4-5-8-20-9-6-7-15-12(18)13(19)17-14-16-10(2)11(3)21-14/h4-9H2,1-3H3,(H,15,18)(H,16,17,19). The summed E-state index contributed by atoms with van der Waals surface area (Å²) in [5, 5.41) is 5.51. The number of nitrogens with one attached hydrogen (secondary N) is 2. The quantitative estimate of drug-likeness (QED) is 0.568. The van der Waals surface area contributed by atoms with Gasteiger partial charge in [0.1, 0.15) is 0 Å². The van der Waals surface area contributed by atoms with Crippen LogP contribution in [0.1, 0.15) is 36.8 Å². The van der Waals surface area contributed by atoms with Gasteiger partial charge < -0.3 is 10.1 Å². The average molecular weight is 313 g/mol. The van der Waals surface area contributed by atoms with Gasteiger partial charge in [-0.2, -0.15) is 0 Å². The number of carbonyl (C=O) groups excluding carboxylic acids is 2. The summed E-state index contributed by atoms with van der Waals surface area (Å²) < 4.78 is 5.37. The average Bonchev–Trinajstić information content (AvgIpc) is 2.76. The number of hydrogen-bond acceptors (Lipinski definition) is 5. The summed E-state index contributed by atoms with van der Waals surface area (Å²) in [6.07, 6.45) is 2.84. The van der Waals surface area contributed by atoms with Gasteiger partial charge in [-0.25, -0.2) is 4.98 Å². The summed E-state index contributed by atoms with van der Waals surface area (Å²) in [5.41, 5.74) is 0.861. The van der Waals surface area contributed by atoms with Crippen molar-refractivity contribution < 1.29 is 14.3 Å². The Morgan fingerprint density at radius 3 is 2.52 bits per heavy atom. The van der Waals surface area contributed by atoms with Crippen LogP contribution in [0.4, 0.5) is 5.13 Å². The summed E-state index contributed by atoms with van der Waals surface area (Å²) >= 11 is 1.36. The van der Waals surface area contributed by atoms with Gasteiger partial charge in [-0.15, -0.1) is 11.3 Å². The normalized spacial score (nSPS) is 10.4. The van der Waals surface area contributed by atoms with Crippen molar-refractivity contribution in [3.63, 3.8) is 0 Å². The Balaban J connectivity index is 2.18. The molecule has 118 valence electrons. The molecule has 1 aromatic rings. The van der Waals surface area contributed by atoms with Crippen molar-refractivity contribution in [1.29, 1.82) is 0 Å². The fourth-order valence-corrected chi connectivity index (χ4v) is 2.29. The lowest BCUT2D eigenvalue weighted by Gasteiger charge is -2.05. The summed E-state index contributed by atoms with van der Waals surface area (Å²) in [5.74, 6) is -1.33. The van der Waals surface area contributed by atoms with E-state index in [0.717, 1.165) is 30.0 Å². The van der Waals surface area contributed by atoms with E-state index in [9.17, 15) is 9.59 Å². The summed E-state index contributed by atoms with van der Waals surface area (Å²) in [4.78, 5) is 28.4. The van der Waals surface area contributed by atoms with Gasteiger partial charge in [0.25, 0.3) is 0 Å². The maximum atomic E-state index is 11.7. The van der Waals surface area contributed by atoms with Crippen molar-refractivity contribution in [2.45, 2.75) is 40.0 Å². The van der Waals surface area contributed by atoms with Crippen molar-refractivity contribution in [3.8, 4) is 0 Å². The maximum absolute atomic E-state index is 11.7. The smallest absolute Gasteiger partial charge is 0.315 e. The number of aryl methyl sites for hydroxylation is 2. The van der Waals surface area contributed by atoms with Crippen LogP contribution in [0.15, 0.2) is 0 Å². The number of anilines is 1. The van der Waals surface area contributed by atoms with Crippen LogP contribution < -0.4 is 10.6 Å². The number of thiazole rings is 1.